The number of halogens is 2. The summed E-state index contributed by atoms with van der Waals surface area (Å²) in [5.74, 6) is -1.55. The van der Waals surface area contributed by atoms with Gasteiger partial charge in [-0.2, -0.15) is 0 Å². The zero-order valence-corrected chi connectivity index (χ0v) is 21.6. The molecule has 1 aliphatic heterocycles. The fourth-order valence-corrected chi connectivity index (χ4v) is 4.52. The highest BCUT2D eigenvalue weighted by Gasteiger charge is 2.37. The fourth-order valence-electron chi connectivity index (χ4n) is 4.09. The molecule has 0 saturated carbocycles. The predicted molar refractivity (Wildman–Crippen MR) is 144 cm³/mol. The number of amides is 4. The molecule has 4 aromatic carbocycles. The highest BCUT2D eigenvalue weighted by molar-refractivity contribution is 9.10. The maximum Gasteiger partial charge on any atom is 0.335 e. The zero-order chi connectivity index (χ0) is 26.8. The minimum absolute atomic E-state index is 0.0000142. The number of carbonyl (C=O) groups is 3. The summed E-state index contributed by atoms with van der Waals surface area (Å²) in [6.45, 7) is 0.291. The van der Waals surface area contributed by atoms with Crippen LogP contribution in [0.15, 0.2) is 88.9 Å². The number of urea groups is 1. The lowest BCUT2D eigenvalue weighted by Crippen LogP contribution is -2.54. The highest BCUT2D eigenvalue weighted by Crippen LogP contribution is 2.36. The lowest BCUT2D eigenvalue weighted by Gasteiger charge is -2.26. The summed E-state index contributed by atoms with van der Waals surface area (Å²) in [7, 11) is 1.48. The molecular formula is C29H20BrFN2O5. The maximum absolute atomic E-state index is 13.7. The van der Waals surface area contributed by atoms with Gasteiger partial charge < -0.3 is 9.47 Å². The molecule has 1 N–H and O–H groups in total. The first-order valence-electron chi connectivity index (χ1n) is 11.5. The van der Waals surface area contributed by atoms with Crippen molar-refractivity contribution in [1.29, 1.82) is 0 Å². The summed E-state index contributed by atoms with van der Waals surface area (Å²) in [4.78, 5) is 38.8. The van der Waals surface area contributed by atoms with E-state index in [0.717, 1.165) is 22.4 Å². The summed E-state index contributed by atoms with van der Waals surface area (Å²) >= 11 is 3.46. The van der Waals surface area contributed by atoms with Crippen LogP contribution in [0.25, 0.3) is 16.8 Å². The van der Waals surface area contributed by atoms with Crippen molar-refractivity contribution in [2.45, 2.75) is 6.61 Å². The van der Waals surface area contributed by atoms with Gasteiger partial charge in [-0.25, -0.2) is 14.1 Å². The Morgan fingerprint density at radius 1 is 0.921 bits per heavy atom. The highest BCUT2D eigenvalue weighted by atomic mass is 79.9. The number of barbiturate groups is 1. The number of benzene rings is 4. The Bertz CT molecular complexity index is 1630. The standard InChI is InChI=1S/C29H20BrFN2O5/c1-37-25-13-20(12-23-27(34)32-29(36)33(28(23)35)22-8-4-7-21(31)14-22)24(30)15-26(25)38-16-17-9-10-18-5-2-3-6-19(18)11-17/h2-15H,16H2,1H3,(H,32,34,36)/b23-12+. The Morgan fingerprint density at radius 2 is 1.71 bits per heavy atom. The maximum atomic E-state index is 13.7. The van der Waals surface area contributed by atoms with Crippen LogP contribution in [-0.2, 0) is 16.2 Å². The van der Waals surface area contributed by atoms with E-state index in [1.54, 1.807) is 12.1 Å². The van der Waals surface area contributed by atoms with Crippen LogP contribution in [0.3, 0.4) is 0 Å². The first kappa shape index (κ1) is 25.2. The van der Waals surface area contributed by atoms with Crippen LogP contribution in [0.5, 0.6) is 11.5 Å². The smallest absolute Gasteiger partial charge is 0.335 e. The van der Waals surface area contributed by atoms with Gasteiger partial charge >= 0.3 is 6.03 Å². The number of imide groups is 2. The Labute approximate surface area is 225 Å². The molecule has 1 aliphatic rings. The minimum Gasteiger partial charge on any atom is -0.493 e. The third-order valence-corrected chi connectivity index (χ3v) is 6.65. The average Bonchev–Trinajstić information content (AvgIpc) is 2.90. The van der Waals surface area contributed by atoms with Gasteiger partial charge in [0.25, 0.3) is 11.8 Å². The molecule has 9 heteroatoms. The van der Waals surface area contributed by atoms with Gasteiger partial charge in [-0.05, 0) is 64.4 Å². The molecule has 0 radical (unpaired) electrons. The molecule has 0 spiro atoms. The van der Waals surface area contributed by atoms with Gasteiger partial charge in [0.15, 0.2) is 11.5 Å². The van der Waals surface area contributed by atoms with Gasteiger partial charge in [0.1, 0.15) is 18.0 Å². The normalized spacial score (nSPS) is 14.7. The van der Waals surface area contributed by atoms with Crippen molar-refractivity contribution in [2.75, 3.05) is 12.0 Å². The van der Waals surface area contributed by atoms with Crippen LogP contribution in [0.1, 0.15) is 11.1 Å². The molecule has 0 atom stereocenters. The van der Waals surface area contributed by atoms with Gasteiger partial charge in [0.2, 0.25) is 0 Å². The van der Waals surface area contributed by atoms with E-state index < -0.39 is 23.7 Å². The van der Waals surface area contributed by atoms with E-state index in [1.807, 2.05) is 36.4 Å². The number of ether oxygens (including phenoxy) is 2. The second kappa shape index (κ2) is 10.5. The van der Waals surface area contributed by atoms with E-state index in [1.165, 1.54) is 31.4 Å². The summed E-state index contributed by atoms with van der Waals surface area (Å²) in [6.07, 6.45) is 1.33. The molecule has 4 amide bonds. The Balaban J connectivity index is 1.42. The molecular weight excluding hydrogens is 555 g/mol. The van der Waals surface area contributed by atoms with Crippen LogP contribution >= 0.6 is 15.9 Å². The summed E-state index contributed by atoms with van der Waals surface area (Å²) < 4.78 is 25.8. The fraction of sp³-hybridized carbons (Fsp3) is 0.0690. The molecule has 1 saturated heterocycles. The van der Waals surface area contributed by atoms with Crippen molar-refractivity contribution in [3.63, 3.8) is 0 Å². The Morgan fingerprint density at radius 3 is 2.47 bits per heavy atom. The Kier molecular flexibility index (Phi) is 6.93. The molecule has 1 fully saturated rings. The lowest BCUT2D eigenvalue weighted by atomic mass is 10.1. The Hall–Kier alpha value is -4.50. The van der Waals surface area contributed by atoms with Crippen LogP contribution in [0.2, 0.25) is 0 Å². The first-order valence-corrected chi connectivity index (χ1v) is 12.3. The molecule has 38 heavy (non-hydrogen) atoms. The molecule has 0 bridgehead atoms. The van der Waals surface area contributed by atoms with Crippen molar-refractivity contribution >= 4 is 56.3 Å². The van der Waals surface area contributed by atoms with Crippen molar-refractivity contribution in [3.8, 4) is 11.5 Å². The van der Waals surface area contributed by atoms with Gasteiger partial charge in [-0.3, -0.25) is 14.9 Å². The van der Waals surface area contributed by atoms with E-state index in [2.05, 4.69) is 27.3 Å². The predicted octanol–water partition coefficient (Wildman–Crippen LogP) is 6.00. The van der Waals surface area contributed by atoms with E-state index in [-0.39, 0.29) is 11.3 Å². The third-order valence-electron chi connectivity index (χ3n) is 5.96. The zero-order valence-electron chi connectivity index (χ0n) is 20.0. The van der Waals surface area contributed by atoms with Crippen LogP contribution in [0, 0.1) is 5.82 Å². The van der Waals surface area contributed by atoms with Crippen molar-refractivity contribution in [2.24, 2.45) is 0 Å². The van der Waals surface area contributed by atoms with Crippen LogP contribution in [0.4, 0.5) is 14.9 Å². The quantitative estimate of drug-likeness (QED) is 0.226. The van der Waals surface area contributed by atoms with Crippen molar-refractivity contribution in [3.05, 3.63) is 106 Å². The van der Waals surface area contributed by atoms with Gasteiger partial charge in [0, 0.05) is 4.47 Å². The molecule has 0 aromatic heterocycles. The van der Waals surface area contributed by atoms with Gasteiger partial charge in [0.05, 0.1) is 12.8 Å². The van der Waals surface area contributed by atoms with E-state index >= 15 is 0 Å². The van der Waals surface area contributed by atoms with Crippen LogP contribution < -0.4 is 19.7 Å². The largest absolute Gasteiger partial charge is 0.493 e. The van der Waals surface area contributed by atoms with Crippen molar-refractivity contribution in [1.82, 2.24) is 5.32 Å². The molecule has 7 nitrogen and oxygen atoms in total. The van der Waals surface area contributed by atoms with Crippen LogP contribution in [-0.4, -0.2) is 25.0 Å². The number of methoxy groups -OCH3 is 1. The topological polar surface area (TPSA) is 84.9 Å². The van der Waals surface area contributed by atoms with Crippen molar-refractivity contribution < 1.29 is 28.2 Å². The molecule has 4 aromatic rings. The summed E-state index contributed by atoms with van der Waals surface area (Å²) in [6, 6.07) is 21.4. The first-order chi connectivity index (χ1) is 18.3. The average molecular weight is 575 g/mol. The monoisotopic (exact) mass is 574 g/mol. The number of rotatable bonds is 6. The SMILES string of the molecule is COc1cc(/C=C2\C(=O)NC(=O)N(c3cccc(F)c3)C2=O)c(Br)cc1OCc1ccc2ccccc2c1. The number of nitrogens with zero attached hydrogens (tertiary/aromatic N) is 1. The van der Waals surface area contributed by atoms with E-state index in [0.29, 0.717) is 33.0 Å². The molecule has 0 unspecified atom stereocenters. The molecule has 1 heterocycles. The lowest BCUT2D eigenvalue weighted by molar-refractivity contribution is -0.122. The van der Waals surface area contributed by atoms with E-state index in [9.17, 15) is 18.8 Å². The number of hydrogen-bond donors (Lipinski definition) is 1. The molecule has 5 rings (SSSR count). The number of anilines is 1. The summed E-state index contributed by atoms with van der Waals surface area (Å²) in [5.41, 5.74) is 1.10. The number of carbonyl (C=O) groups excluding carboxylic acids is 3. The second-order valence-corrected chi connectivity index (χ2v) is 9.29. The summed E-state index contributed by atoms with van der Waals surface area (Å²) in [5, 5.41) is 4.36. The molecule has 190 valence electrons. The number of hydrogen-bond acceptors (Lipinski definition) is 5. The van der Waals surface area contributed by atoms with Gasteiger partial charge in [-0.1, -0.05) is 58.4 Å². The number of nitrogens with one attached hydrogen (secondary N) is 1. The minimum atomic E-state index is -0.961. The molecule has 0 aliphatic carbocycles. The second-order valence-electron chi connectivity index (χ2n) is 8.43. The van der Waals surface area contributed by atoms with E-state index in [4.69, 9.17) is 9.47 Å². The third kappa shape index (κ3) is 5.01. The van der Waals surface area contributed by atoms with Gasteiger partial charge in [-0.15, -0.1) is 0 Å². The number of fused-ring (bicyclic) bond motifs is 1.